The van der Waals surface area contributed by atoms with Crippen molar-refractivity contribution in [2.75, 3.05) is 19.8 Å². The van der Waals surface area contributed by atoms with Gasteiger partial charge in [-0.05, 0) is 37.8 Å². The van der Waals surface area contributed by atoms with Crippen LogP contribution in [-0.4, -0.2) is 41.6 Å². The van der Waals surface area contributed by atoms with E-state index >= 15 is 0 Å². The number of ether oxygens (including phenoxy) is 1. The molecule has 0 amide bonds. The van der Waals surface area contributed by atoms with Crippen LogP contribution in [0.25, 0.3) is 0 Å². The number of β-amino-alcohol motifs (C(OH)–C–C–N with tert-alkyl or cyclic N) is 1. The number of aliphatic hydroxyl groups excluding tert-OH is 2. The molecule has 0 aliphatic heterocycles. The molecule has 4 nitrogen and oxygen atoms in total. The summed E-state index contributed by atoms with van der Waals surface area (Å²) in [6.45, 7) is 8.75. The SMILES string of the molecule is CCC(C)c1ccccc1OCC(O)CNC(C)(C)CO. The highest BCUT2D eigenvalue weighted by molar-refractivity contribution is 5.35. The fraction of sp³-hybridized carbons (Fsp3) is 0.647. The van der Waals surface area contributed by atoms with Crippen molar-refractivity contribution in [1.29, 1.82) is 0 Å². The van der Waals surface area contributed by atoms with E-state index < -0.39 is 11.6 Å². The maximum atomic E-state index is 9.99. The minimum Gasteiger partial charge on any atom is -0.491 e. The normalized spacial score (nSPS) is 14.8. The molecule has 0 bridgehead atoms. The summed E-state index contributed by atoms with van der Waals surface area (Å²) in [6.07, 6.45) is 0.440. The standard InChI is InChI=1S/C17H29NO3/c1-5-13(2)15-8-6-7-9-16(15)21-11-14(20)10-18-17(3,4)12-19/h6-9,13-14,18-20H,5,10-12H2,1-4H3. The molecule has 1 aromatic rings. The average Bonchev–Trinajstić information content (AvgIpc) is 2.50. The molecule has 3 N–H and O–H groups in total. The Morgan fingerprint density at radius 1 is 1.29 bits per heavy atom. The van der Waals surface area contributed by atoms with Crippen molar-refractivity contribution in [3.63, 3.8) is 0 Å². The predicted octanol–water partition coefficient (Wildman–Crippen LogP) is 2.30. The van der Waals surface area contributed by atoms with Crippen LogP contribution in [-0.2, 0) is 0 Å². The average molecular weight is 295 g/mol. The lowest BCUT2D eigenvalue weighted by molar-refractivity contribution is 0.0901. The molecule has 0 aromatic heterocycles. The molecule has 21 heavy (non-hydrogen) atoms. The number of nitrogens with one attached hydrogen (secondary N) is 1. The summed E-state index contributed by atoms with van der Waals surface area (Å²) >= 11 is 0. The first kappa shape index (κ1) is 18.0. The Bertz CT molecular complexity index is 420. The highest BCUT2D eigenvalue weighted by Gasteiger charge is 2.18. The number of rotatable bonds is 9. The summed E-state index contributed by atoms with van der Waals surface area (Å²) in [5, 5.41) is 22.3. The number of para-hydroxylation sites is 1. The topological polar surface area (TPSA) is 61.7 Å². The van der Waals surface area contributed by atoms with E-state index in [0.717, 1.165) is 12.2 Å². The van der Waals surface area contributed by atoms with Crippen molar-refractivity contribution < 1.29 is 14.9 Å². The molecule has 0 aliphatic rings. The molecule has 0 spiro atoms. The van der Waals surface area contributed by atoms with Gasteiger partial charge >= 0.3 is 0 Å². The highest BCUT2D eigenvalue weighted by atomic mass is 16.5. The fourth-order valence-corrected chi connectivity index (χ4v) is 1.93. The first-order valence-corrected chi connectivity index (χ1v) is 7.65. The van der Waals surface area contributed by atoms with E-state index in [9.17, 15) is 5.11 Å². The van der Waals surface area contributed by atoms with Gasteiger partial charge in [-0.1, -0.05) is 32.0 Å². The zero-order valence-electron chi connectivity index (χ0n) is 13.6. The van der Waals surface area contributed by atoms with Gasteiger partial charge in [-0.15, -0.1) is 0 Å². The van der Waals surface area contributed by atoms with Gasteiger partial charge in [0.2, 0.25) is 0 Å². The van der Waals surface area contributed by atoms with E-state index in [1.807, 2.05) is 32.0 Å². The summed E-state index contributed by atoms with van der Waals surface area (Å²) < 4.78 is 5.77. The van der Waals surface area contributed by atoms with Crippen molar-refractivity contribution in [2.24, 2.45) is 0 Å². The van der Waals surface area contributed by atoms with E-state index in [-0.39, 0.29) is 13.2 Å². The molecule has 2 unspecified atom stereocenters. The number of aliphatic hydroxyl groups is 2. The molecule has 4 heteroatoms. The van der Waals surface area contributed by atoms with E-state index in [1.165, 1.54) is 5.56 Å². The van der Waals surface area contributed by atoms with Crippen molar-refractivity contribution in [3.8, 4) is 5.75 Å². The molecule has 0 aliphatic carbocycles. The Hall–Kier alpha value is -1.10. The lowest BCUT2D eigenvalue weighted by Gasteiger charge is -2.25. The number of hydrogen-bond donors (Lipinski definition) is 3. The zero-order chi connectivity index (χ0) is 15.9. The second-order valence-corrected chi connectivity index (χ2v) is 6.23. The number of benzene rings is 1. The third-order valence-corrected chi connectivity index (χ3v) is 3.71. The van der Waals surface area contributed by atoms with Crippen molar-refractivity contribution >= 4 is 0 Å². The lowest BCUT2D eigenvalue weighted by Crippen LogP contribution is -2.47. The first-order valence-electron chi connectivity index (χ1n) is 7.65. The van der Waals surface area contributed by atoms with Crippen LogP contribution in [0.15, 0.2) is 24.3 Å². The van der Waals surface area contributed by atoms with Crippen LogP contribution in [0.4, 0.5) is 0 Å². The van der Waals surface area contributed by atoms with Crippen LogP contribution in [0.5, 0.6) is 5.75 Å². The number of hydrogen-bond acceptors (Lipinski definition) is 4. The molecule has 1 rings (SSSR count). The third kappa shape index (κ3) is 6.04. The Balaban J connectivity index is 2.52. The summed E-state index contributed by atoms with van der Waals surface area (Å²) in [4.78, 5) is 0. The quantitative estimate of drug-likeness (QED) is 0.654. The van der Waals surface area contributed by atoms with Gasteiger partial charge in [0.15, 0.2) is 0 Å². The van der Waals surface area contributed by atoms with Crippen LogP contribution in [0.3, 0.4) is 0 Å². The van der Waals surface area contributed by atoms with Crippen LogP contribution >= 0.6 is 0 Å². The van der Waals surface area contributed by atoms with Gasteiger partial charge in [0, 0.05) is 12.1 Å². The van der Waals surface area contributed by atoms with E-state index in [4.69, 9.17) is 9.84 Å². The van der Waals surface area contributed by atoms with E-state index in [0.29, 0.717) is 12.5 Å². The fourth-order valence-electron chi connectivity index (χ4n) is 1.93. The molecule has 0 radical (unpaired) electrons. The van der Waals surface area contributed by atoms with Gasteiger partial charge < -0.3 is 20.3 Å². The molecule has 120 valence electrons. The van der Waals surface area contributed by atoms with Gasteiger partial charge in [-0.2, -0.15) is 0 Å². The monoisotopic (exact) mass is 295 g/mol. The smallest absolute Gasteiger partial charge is 0.122 e. The molecule has 0 fully saturated rings. The van der Waals surface area contributed by atoms with Gasteiger partial charge in [0.1, 0.15) is 18.5 Å². The maximum absolute atomic E-state index is 9.99. The summed E-state index contributed by atoms with van der Waals surface area (Å²) in [5.41, 5.74) is 0.783. The molecule has 0 heterocycles. The van der Waals surface area contributed by atoms with Crippen LogP contribution < -0.4 is 10.1 Å². The van der Waals surface area contributed by atoms with Gasteiger partial charge in [0.25, 0.3) is 0 Å². The summed E-state index contributed by atoms with van der Waals surface area (Å²) in [5.74, 6) is 1.28. The Morgan fingerprint density at radius 3 is 2.57 bits per heavy atom. The van der Waals surface area contributed by atoms with E-state index in [1.54, 1.807) is 0 Å². The minimum atomic E-state index is -0.610. The summed E-state index contributed by atoms with van der Waals surface area (Å²) in [6, 6.07) is 7.97. The van der Waals surface area contributed by atoms with Crippen LogP contribution in [0.2, 0.25) is 0 Å². The van der Waals surface area contributed by atoms with Crippen molar-refractivity contribution in [3.05, 3.63) is 29.8 Å². The Labute approximate surface area is 128 Å². The molecule has 0 saturated heterocycles. The van der Waals surface area contributed by atoms with Gasteiger partial charge in [-0.3, -0.25) is 0 Å². The van der Waals surface area contributed by atoms with Crippen LogP contribution in [0.1, 0.15) is 45.6 Å². The Kier molecular flexibility index (Phi) is 7.15. The molecule has 2 atom stereocenters. The second-order valence-electron chi connectivity index (χ2n) is 6.23. The van der Waals surface area contributed by atoms with Gasteiger partial charge in [0.05, 0.1) is 6.61 Å². The molecular weight excluding hydrogens is 266 g/mol. The Morgan fingerprint density at radius 2 is 1.95 bits per heavy atom. The largest absolute Gasteiger partial charge is 0.491 e. The molecule has 1 aromatic carbocycles. The summed E-state index contributed by atoms with van der Waals surface area (Å²) in [7, 11) is 0. The molecule has 0 saturated carbocycles. The molecular formula is C17H29NO3. The first-order chi connectivity index (χ1) is 9.89. The zero-order valence-corrected chi connectivity index (χ0v) is 13.6. The van der Waals surface area contributed by atoms with Crippen molar-refractivity contribution in [2.45, 2.75) is 51.7 Å². The second kappa shape index (κ2) is 8.37. The van der Waals surface area contributed by atoms with Crippen LogP contribution in [0, 0.1) is 0 Å². The minimum absolute atomic E-state index is 0.0252. The van der Waals surface area contributed by atoms with Crippen molar-refractivity contribution in [1.82, 2.24) is 5.32 Å². The third-order valence-electron chi connectivity index (χ3n) is 3.71. The predicted molar refractivity (Wildman–Crippen MR) is 85.8 cm³/mol. The lowest BCUT2D eigenvalue weighted by atomic mass is 9.98. The van der Waals surface area contributed by atoms with Gasteiger partial charge in [-0.25, -0.2) is 0 Å². The highest BCUT2D eigenvalue weighted by Crippen LogP contribution is 2.28. The van der Waals surface area contributed by atoms with E-state index in [2.05, 4.69) is 25.2 Å². The maximum Gasteiger partial charge on any atom is 0.122 e.